The summed E-state index contributed by atoms with van der Waals surface area (Å²) in [5, 5.41) is 0. The van der Waals surface area contributed by atoms with Crippen molar-refractivity contribution in [2.75, 3.05) is 13.2 Å². The van der Waals surface area contributed by atoms with Crippen molar-refractivity contribution in [3.05, 3.63) is 24.3 Å². The van der Waals surface area contributed by atoms with Crippen molar-refractivity contribution in [2.45, 2.75) is 195 Å². The van der Waals surface area contributed by atoms with Crippen molar-refractivity contribution in [1.82, 2.24) is 0 Å². The van der Waals surface area contributed by atoms with Crippen LogP contribution < -0.4 is 0 Å². The summed E-state index contributed by atoms with van der Waals surface area (Å²) < 4.78 is 72.8. The van der Waals surface area contributed by atoms with Gasteiger partial charge in [-0.2, -0.15) is 0 Å². The molecule has 0 aromatic heterocycles. The van der Waals surface area contributed by atoms with Crippen LogP contribution in [0.4, 0.5) is 0 Å². The van der Waals surface area contributed by atoms with E-state index in [1.165, 1.54) is 116 Å². The fourth-order valence-corrected chi connectivity index (χ4v) is 6.18. The van der Waals surface area contributed by atoms with E-state index < -0.39 is 20.8 Å². The predicted octanol–water partition coefficient (Wildman–Crippen LogP) is 11.1. The maximum Gasteiger partial charge on any atom is 2.00 e. The van der Waals surface area contributed by atoms with Crippen LogP contribution >= 0.6 is 0 Å². The van der Waals surface area contributed by atoms with Gasteiger partial charge < -0.3 is 9.11 Å². The number of hydrogen-bond donors (Lipinski definition) is 0. The maximum atomic E-state index is 10.7. The quantitative estimate of drug-likeness (QED) is 0.0208. The van der Waals surface area contributed by atoms with Crippen molar-refractivity contribution in [2.24, 2.45) is 11.8 Å². The molecule has 0 aliphatic heterocycles. The Bertz CT molecular complexity index is 863. The minimum absolute atomic E-state index is 0. The molecule has 2 atom stereocenters. The van der Waals surface area contributed by atoms with E-state index in [4.69, 9.17) is 0 Å². The second kappa shape index (κ2) is 39.7. The summed E-state index contributed by atoms with van der Waals surface area (Å²) in [5.41, 5.74) is 0. The van der Waals surface area contributed by atoms with Crippen LogP contribution in [0.2, 0.25) is 0 Å². The van der Waals surface area contributed by atoms with E-state index >= 15 is 0 Å². The maximum absolute atomic E-state index is 10.7. The molecule has 49 heavy (non-hydrogen) atoms. The average molecular weight is 763 g/mol. The van der Waals surface area contributed by atoms with Gasteiger partial charge in [-0.25, -0.2) is 16.8 Å². The normalized spacial score (nSPS) is 13.3. The van der Waals surface area contributed by atoms with Crippen LogP contribution in [0.1, 0.15) is 195 Å². The van der Waals surface area contributed by atoms with Gasteiger partial charge in [-0.15, -0.1) is 0 Å². The predicted molar refractivity (Wildman–Crippen MR) is 205 cm³/mol. The molecule has 0 aromatic rings. The Labute approximate surface area is 334 Å². The van der Waals surface area contributed by atoms with Gasteiger partial charge in [-0.3, -0.25) is 8.37 Å². The van der Waals surface area contributed by atoms with Crippen molar-refractivity contribution in [1.29, 1.82) is 0 Å². The molecule has 0 spiro atoms. The second-order valence-electron chi connectivity index (χ2n) is 13.3. The minimum atomic E-state index is -4.59. The van der Waals surface area contributed by atoms with Crippen LogP contribution in [0.25, 0.3) is 0 Å². The zero-order valence-corrected chi connectivity index (χ0v) is 35.9. The van der Waals surface area contributed by atoms with Crippen molar-refractivity contribution in [3.63, 3.8) is 0 Å². The SMILES string of the molecule is CCCCCCCC/C=C/C(CCCCCCC)COS(=O)(=O)[O-].CCCCCCCC/C=C/C(CCCCCCC)COS(=O)(=O)[O-].[Ca+2]. The average Bonchev–Trinajstić information content (AvgIpc) is 3.03. The van der Waals surface area contributed by atoms with Crippen LogP contribution in [-0.2, 0) is 29.2 Å². The molecule has 0 rings (SSSR count). The molecule has 0 fully saturated rings. The molecule has 0 aromatic carbocycles. The van der Waals surface area contributed by atoms with E-state index in [2.05, 4.69) is 48.2 Å². The molecule has 0 aliphatic carbocycles. The Hall–Kier alpha value is 0.480. The molecule has 0 aliphatic rings. The van der Waals surface area contributed by atoms with Gasteiger partial charge in [0.05, 0.1) is 13.2 Å². The van der Waals surface area contributed by atoms with Crippen molar-refractivity contribution < 1.29 is 34.3 Å². The van der Waals surface area contributed by atoms with E-state index in [0.29, 0.717) is 0 Å². The summed E-state index contributed by atoms with van der Waals surface area (Å²) in [4.78, 5) is 0. The van der Waals surface area contributed by atoms with E-state index in [9.17, 15) is 25.9 Å². The Kier molecular flexibility index (Phi) is 43.6. The van der Waals surface area contributed by atoms with Crippen LogP contribution in [0.5, 0.6) is 0 Å². The third kappa shape index (κ3) is 48.5. The summed E-state index contributed by atoms with van der Waals surface area (Å²) in [6.07, 6.45) is 39.1. The summed E-state index contributed by atoms with van der Waals surface area (Å²) in [7, 11) is -9.18. The van der Waals surface area contributed by atoms with E-state index in [1.807, 2.05) is 12.2 Å². The second-order valence-corrected chi connectivity index (χ2v) is 15.4. The number of unbranched alkanes of at least 4 members (excludes halogenated alkanes) is 20. The van der Waals surface area contributed by atoms with E-state index in [0.717, 1.165) is 51.4 Å². The van der Waals surface area contributed by atoms with Crippen LogP contribution in [0.3, 0.4) is 0 Å². The summed E-state index contributed by atoms with van der Waals surface area (Å²) in [6, 6.07) is 0. The Morgan fingerprint density at radius 1 is 0.449 bits per heavy atom. The number of rotatable bonds is 34. The summed E-state index contributed by atoms with van der Waals surface area (Å²) in [6.45, 7) is 8.76. The third-order valence-corrected chi connectivity index (χ3v) is 9.32. The molecule has 0 heterocycles. The first-order valence-electron chi connectivity index (χ1n) is 19.5. The molecule has 0 N–H and O–H groups in total. The standard InChI is InChI=1S/2C19H38O4S.Ca/c2*1-3-5-7-9-10-11-13-15-17-19(18-23-24(20,21)22)16-14-12-8-6-4-2;/h2*15,17,19H,3-14,16,18H2,1-2H3,(H,20,21,22);/q;;+2/p-2/b2*17-15+;. The van der Waals surface area contributed by atoms with Crippen LogP contribution in [-0.4, -0.2) is 76.9 Å². The van der Waals surface area contributed by atoms with Gasteiger partial charge in [-0.1, -0.05) is 180 Å². The molecule has 288 valence electrons. The molecule has 0 radical (unpaired) electrons. The van der Waals surface area contributed by atoms with Gasteiger partial charge in [0.15, 0.2) is 0 Å². The smallest absolute Gasteiger partial charge is 0.726 e. The number of allylic oxidation sites excluding steroid dienone is 2. The topological polar surface area (TPSA) is 133 Å². The summed E-state index contributed by atoms with van der Waals surface area (Å²) in [5.74, 6) is 0.0471. The largest absolute Gasteiger partial charge is 2.00 e. The van der Waals surface area contributed by atoms with E-state index in [1.54, 1.807) is 0 Å². The summed E-state index contributed by atoms with van der Waals surface area (Å²) >= 11 is 0. The first kappa shape index (κ1) is 53.8. The molecule has 2 unspecified atom stereocenters. The van der Waals surface area contributed by atoms with Gasteiger partial charge in [-0.05, 0) is 38.5 Å². The molecule has 8 nitrogen and oxygen atoms in total. The molecule has 0 saturated heterocycles. The third-order valence-electron chi connectivity index (χ3n) is 8.48. The van der Waals surface area contributed by atoms with Gasteiger partial charge >= 0.3 is 37.7 Å². The van der Waals surface area contributed by atoms with Gasteiger partial charge in [0.25, 0.3) is 0 Å². The van der Waals surface area contributed by atoms with Crippen LogP contribution in [0, 0.1) is 11.8 Å². The monoisotopic (exact) mass is 762 g/mol. The molecular formula is C38H74CaO8S2. The first-order valence-corrected chi connectivity index (χ1v) is 22.2. The molecule has 0 bridgehead atoms. The molecular weight excluding hydrogens is 689 g/mol. The Balaban J connectivity index is -0.000000846. The van der Waals surface area contributed by atoms with Crippen molar-refractivity contribution in [3.8, 4) is 0 Å². The molecule has 11 heteroatoms. The molecule has 0 saturated carbocycles. The van der Waals surface area contributed by atoms with Gasteiger partial charge in [0, 0.05) is 11.8 Å². The first-order chi connectivity index (χ1) is 23.0. The van der Waals surface area contributed by atoms with E-state index in [-0.39, 0.29) is 62.8 Å². The van der Waals surface area contributed by atoms with Crippen LogP contribution in [0.15, 0.2) is 24.3 Å². The zero-order chi connectivity index (χ0) is 36.2. The van der Waals surface area contributed by atoms with Crippen molar-refractivity contribution >= 4 is 58.5 Å². The number of hydrogen-bond acceptors (Lipinski definition) is 8. The van der Waals surface area contributed by atoms with Gasteiger partial charge in [0.2, 0.25) is 20.8 Å². The fraction of sp³-hybridized carbons (Fsp3) is 0.895. The Morgan fingerprint density at radius 3 is 1.00 bits per heavy atom. The minimum Gasteiger partial charge on any atom is -0.726 e. The zero-order valence-electron chi connectivity index (χ0n) is 32.1. The Morgan fingerprint density at radius 2 is 0.714 bits per heavy atom. The molecule has 0 amide bonds. The van der Waals surface area contributed by atoms with Gasteiger partial charge in [0.1, 0.15) is 0 Å². The fourth-order valence-electron chi connectivity index (χ4n) is 5.49.